The fraction of sp³-hybridized carbons (Fsp3) is 0.800. The third kappa shape index (κ3) is 5.45. The SMILES string of the molecule is Cc1nn(C)c(C)c1S(=O)(=O)NCCNC1CCCCCC1.Cl. The first-order valence-electron chi connectivity index (χ1n) is 8.15. The van der Waals surface area contributed by atoms with E-state index in [0.29, 0.717) is 35.4 Å². The van der Waals surface area contributed by atoms with Gasteiger partial charge >= 0.3 is 0 Å². The van der Waals surface area contributed by atoms with E-state index in [1.807, 2.05) is 0 Å². The molecule has 1 aromatic rings. The van der Waals surface area contributed by atoms with Crippen molar-refractivity contribution in [2.24, 2.45) is 7.05 Å². The second-order valence-electron chi connectivity index (χ2n) is 6.16. The average Bonchev–Trinajstić information content (AvgIpc) is 2.65. The molecular weight excluding hydrogens is 336 g/mol. The van der Waals surface area contributed by atoms with Crippen LogP contribution in [-0.2, 0) is 17.1 Å². The lowest BCUT2D eigenvalue weighted by Gasteiger charge is -2.16. The van der Waals surface area contributed by atoms with Gasteiger partial charge in [0.05, 0.1) is 11.4 Å². The molecule has 2 rings (SSSR count). The summed E-state index contributed by atoms with van der Waals surface area (Å²) in [5.41, 5.74) is 1.21. The first kappa shape index (κ1) is 20.4. The minimum Gasteiger partial charge on any atom is -0.313 e. The molecule has 0 bridgehead atoms. The van der Waals surface area contributed by atoms with E-state index in [2.05, 4.69) is 15.1 Å². The molecule has 1 saturated carbocycles. The van der Waals surface area contributed by atoms with Gasteiger partial charge in [-0.3, -0.25) is 4.68 Å². The van der Waals surface area contributed by atoms with Crippen LogP contribution in [0.2, 0.25) is 0 Å². The van der Waals surface area contributed by atoms with Gasteiger partial charge in [0, 0.05) is 26.2 Å². The van der Waals surface area contributed by atoms with Gasteiger partial charge in [-0.05, 0) is 26.7 Å². The number of nitrogens with one attached hydrogen (secondary N) is 2. The zero-order valence-corrected chi connectivity index (χ0v) is 15.9. The van der Waals surface area contributed by atoms with Crippen LogP contribution < -0.4 is 10.0 Å². The minimum atomic E-state index is -3.48. The van der Waals surface area contributed by atoms with Crippen LogP contribution in [0.15, 0.2) is 4.90 Å². The van der Waals surface area contributed by atoms with Gasteiger partial charge in [0.2, 0.25) is 10.0 Å². The Morgan fingerprint density at radius 1 is 1.13 bits per heavy atom. The molecule has 23 heavy (non-hydrogen) atoms. The first-order chi connectivity index (χ1) is 10.4. The molecule has 1 aliphatic rings. The van der Waals surface area contributed by atoms with Gasteiger partial charge < -0.3 is 5.32 Å². The van der Waals surface area contributed by atoms with Crippen LogP contribution in [0.1, 0.15) is 49.9 Å². The van der Waals surface area contributed by atoms with E-state index < -0.39 is 10.0 Å². The molecule has 1 aromatic heterocycles. The highest BCUT2D eigenvalue weighted by Crippen LogP contribution is 2.18. The number of hydrogen-bond acceptors (Lipinski definition) is 4. The smallest absolute Gasteiger partial charge is 0.244 e. The van der Waals surface area contributed by atoms with E-state index >= 15 is 0 Å². The third-order valence-corrected chi connectivity index (χ3v) is 6.13. The lowest BCUT2D eigenvalue weighted by molar-refractivity contribution is 0.461. The first-order valence-corrected chi connectivity index (χ1v) is 9.63. The van der Waals surface area contributed by atoms with E-state index in [0.717, 1.165) is 0 Å². The van der Waals surface area contributed by atoms with E-state index in [1.54, 1.807) is 25.6 Å². The number of hydrogen-bond donors (Lipinski definition) is 2. The van der Waals surface area contributed by atoms with E-state index in [-0.39, 0.29) is 12.4 Å². The van der Waals surface area contributed by atoms with Crippen LogP contribution >= 0.6 is 12.4 Å². The van der Waals surface area contributed by atoms with Crippen molar-refractivity contribution < 1.29 is 8.42 Å². The van der Waals surface area contributed by atoms with Crippen molar-refractivity contribution in [3.05, 3.63) is 11.4 Å². The van der Waals surface area contributed by atoms with Crippen LogP contribution in [0.25, 0.3) is 0 Å². The predicted molar refractivity (Wildman–Crippen MR) is 94.6 cm³/mol. The molecule has 6 nitrogen and oxygen atoms in total. The summed E-state index contributed by atoms with van der Waals surface area (Å²) in [6.07, 6.45) is 7.60. The summed E-state index contributed by atoms with van der Waals surface area (Å²) in [5.74, 6) is 0. The van der Waals surface area contributed by atoms with Crippen LogP contribution in [0, 0.1) is 13.8 Å². The number of halogens is 1. The fourth-order valence-corrected chi connectivity index (χ4v) is 4.63. The Morgan fingerprint density at radius 3 is 2.26 bits per heavy atom. The molecular formula is C15H29ClN4O2S. The quantitative estimate of drug-likeness (QED) is 0.598. The number of aromatic nitrogens is 2. The van der Waals surface area contributed by atoms with Crippen molar-refractivity contribution in [3.63, 3.8) is 0 Å². The maximum atomic E-state index is 12.4. The molecule has 1 fully saturated rings. The number of rotatable bonds is 6. The maximum Gasteiger partial charge on any atom is 0.244 e. The van der Waals surface area contributed by atoms with E-state index in [9.17, 15) is 8.42 Å². The summed E-state index contributed by atoms with van der Waals surface area (Å²) >= 11 is 0. The number of aryl methyl sites for hydroxylation is 2. The molecule has 0 aromatic carbocycles. The predicted octanol–water partition coefficient (Wildman–Crippen LogP) is 2.05. The standard InChI is InChI=1S/C15H28N4O2S.ClH/c1-12-15(13(2)19(3)18-12)22(20,21)17-11-10-16-14-8-6-4-5-7-9-14;/h14,16-17H,4-11H2,1-3H3;1H. The summed E-state index contributed by atoms with van der Waals surface area (Å²) in [5, 5.41) is 7.64. The van der Waals surface area contributed by atoms with E-state index in [1.165, 1.54) is 38.5 Å². The number of nitrogens with zero attached hydrogens (tertiary/aromatic N) is 2. The molecule has 0 unspecified atom stereocenters. The highest BCUT2D eigenvalue weighted by molar-refractivity contribution is 7.89. The van der Waals surface area contributed by atoms with Crippen molar-refractivity contribution in [2.75, 3.05) is 13.1 Å². The topological polar surface area (TPSA) is 76.0 Å². The Balaban J connectivity index is 0.00000264. The molecule has 2 N–H and O–H groups in total. The normalized spacial score (nSPS) is 16.8. The van der Waals surface area contributed by atoms with Gasteiger partial charge in [0.25, 0.3) is 0 Å². The van der Waals surface area contributed by atoms with Crippen LogP contribution in [-0.4, -0.2) is 37.3 Å². The van der Waals surface area contributed by atoms with Gasteiger partial charge in [-0.1, -0.05) is 25.7 Å². The molecule has 0 aliphatic heterocycles. The van der Waals surface area contributed by atoms with Crippen LogP contribution in [0.4, 0.5) is 0 Å². The highest BCUT2D eigenvalue weighted by Gasteiger charge is 2.23. The number of sulfonamides is 1. The Labute approximate surface area is 145 Å². The van der Waals surface area contributed by atoms with Crippen molar-refractivity contribution in [1.82, 2.24) is 19.8 Å². The molecule has 0 saturated heterocycles. The van der Waals surface area contributed by atoms with Gasteiger partial charge in [-0.25, -0.2) is 13.1 Å². The van der Waals surface area contributed by atoms with Gasteiger partial charge in [-0.15, -0.1) is 12.4 Å². The van der Waals surface area contributed by atoms with Crippen LogP contribution in [0.5, 0.6) is 0 Å². The zero-order valence-electron chi connectivity index (χ0n) is 14.3. The third-order valence-electron chi connectivity index (χ3n) is 4.42. The monoisotopic (exact) mass is 364 g/mol. The highest BCUT2D eigenvalue weighted by atomic mass is 35.5. The van der Waals surface area contributed by atoms with Crippen molar-refractivity contribution in [1.29, 1.82) is 0 Å². The summed E-state index contributed by atoms with van der Waals surface area (Å²) in [6, 6.07) is 0.536. The lowest BCUT2D eigenvalue weighted by Crippen LogP contribution is -2.37. The fourth-order valence-electron chi connectivity index (χ4n) is 3.16. The average molecular weight is 365 g/mol. The van der Waals surface area contributed by atoms with Crippen molar-refractivity contribution in [3.8, 4) is 0 Å². The summed E-state index contributed by atoms with van der Waals surface area (Å²) in [7, 11) is -1.73. The van der Waals surface area contributed by atoms with Gasteiger partial charge in [0.15, 0.2) is 0 Å². The zero-order chi connectivity index (χ0) is 16.2. The molecule has 0 spiro atoms. The van der Waals surface area contributed by atoms with Gasteiger partial charge in [0.1, 0.15) is 4.90 Å². The molecule has 0 amide bonds. The van der Waals surface area contributed by atoms with Crippen molar-refractivity contribution in [2.45, 2.75) is 63.3 Å². The second-order valence-corrected chi connectivity index (χ2v) is 7.87. The molecule has 8 heteroatoms. The molecule has 0 radical (unpaired) electrons. The van der Waals surface area contributed by atoms with E-state index in [4.69, 9.17) is 0 Å². The lowest BCUT2D eigenvalue weighted by atomic mass is 10.1. The largest absolute Gasteiger partial charge is 0.313 e. The summed E-state index contributed by atoms with van der Waals surface area (Å²) in [4.78, 5) is 0.310. The molecule has 134 valence electrons. The van der Waals surface area contributed by atoms with Crippen LogP contribution in [0.3, 0.4) is 0 Å². The van der Waals surface area contributed by atoms with Gasteiger partial charge in [-0.2, -0.15) is 5.10 Å². The Kier molecular flexibility index (Phi) is 8.00. The Morgan fingerprint density at radius 2 is 1.74 bits per heavy atom. The Bertz CT molecular complexity index is 593. The summed E-state index contributed by atoms with van der Waals surface area (Å²) in [6.45, 7) is 4.58. The molecule has 1 heterocycles. The maximum absolute atomic E-state index is 12.4. The van der Waals surface area contributed by atoms with Crippen molar-refractivity contribution >= 4 is 22.4 Å². The minimum absolute atomic E-state index is 0. The summed E-state index contributed by atoms with van der Waals surface area (Å²) < 4.78 is 29.1. The molecule has 0 atom stereocenters. The second kappa shape index (κ2) is 9.01. The Hall–Kier alpha value is -0.630. The molecule has 1 aliphatic carbocycles.